The number of carbonyl (C=O) groups excluding carboxylic acids is 1. The van der Waals surface area contributed by atoms with Crippen molar-refractivity contribution < 1.29 is 4.79 Å². The molecule has 0 aliphatic carbocycles. The maximum Gasteiger partial charge on any atom is 0.236 e. The van der Waals surface area contributed by atoms with Crippen molar-refractivity contribution in [2.24, 2.45) is 0 Å². The first-order chi connectivity index (χ1) is 10.3. The molecule has 2 heterocycles. The van der Waals surface area contributed by atoms with Crippen LogP contribution in [0.2, 0.25) is 0 Å². The van der Waals surface area contributed by atoms with Gasteiger partial charge in [0.1, 0.15) is 5.92 Å². The molecule has 1 aliphatic rings. The van der Waals surface area contributed by atoms with E-state index in [1.54, 1.807) is 6.20 Å². The van der Waals surface area contributed by atoms with E-state index in [1.807, 2.05) is 41.3 Å². The van der Waals surface area contributed by atoms with Gasteiger partial charge in [0, 0.05) is 19.3 Å². The molecule has 0 saturated carbocycles. The molecule has 1 amide bonds. The van der Waals surface area contributed by atoms with Crippen LogP contribution in [-0.2, 0) is 4.79 Å². The van der Waals surface area contributed by atoms with Crippen molar-refractivity contribution in [3.63, 3.8) is 0 Å². The SMILES string of the molecule is Cc1ccccc1C(C(=O)N1CCCC1)c1ccccn1. The van der Waals surface area contributed by atoms with Crippen LogP contribution in [0.1, 0.15) is 35.6 Å². The Morgan fingerprint density at radius 3 is 2.48 bits per heavy atom. The molecular weight excluding hydrogens is 260 g/mol. The molecule has 108 valence electrons. The second-order valence-electron chi connectivity index (χ2n) is 5.58. The van der Waals surface area contributed by atoms with Crippen molar-refractivity contribution in [2.45, 2.75) is 25.7 Å². The average Bonchev–Trinajstić information content (AvgIpc) is 3.05. The number of hydrogen-bond acceptors (Lipinski definition) is 2. The molecule has 3 rings (SSSR count). The third-order valence-electron chi connectivity index (χ3n) is 4.15. The molecule has 3 heteroatoms. The van der Waals surface area contributed by atoms with Crippen LogP contribution < -0.4 is 0 Å². The van der Waals surface area contributed by atoms with Gasteiger partial charge in [0.15, 0.2) is 0 Å². The summed E-state index contributed by atoms with van der Waals surface area (Å²) in [5.41, 5.74) is 3.04. The van der Waals surface area contributed by atoms with Gasteiger partial charge in [-0.25, -0.2) is 0 Å². The highest BCUT2D eigenvalue weighted by molar-refractivity contribution is 5.87. The summed E-state index contributed by atoms with van der Waals surface area (Å²) < 4.78 is 0. The van der Waals surface area contributed by atoms with E-state index < -0.39 is 0 Å². The van der Waals surface area contributed by atoms with Gasteiger partial charge in [-0.05, 0) is 43.0 Å². The third-order valence-corrected chi connectivity index (χ3v) is 4.15. The molecule has 3 nitrogen and oxygen atoms in total. The van der Waals surface area contributed by atoms with Crippen molar-refractivity contribution >= 4 is 5.91 Å². The molecule has 0 radical (unpaired) electrons. The predicted octanol–water partition coefficient (Wildman–Crippen LogP) is 3.14. The van der Waals surface area contributed by atoms with Crippen LogP contribution in [0.25, 0.3) is 0 Å². The summed E-state index contributed by atoms with van der Waals surface area (Å²) in [7, 11) is 0. The molecule has 0 bridgehead atoms. The molecule has 1 saturated heterocycles. The average molecular weight is 280 g/mol. The van der Waals surface area contributed by atoms with Crippen LogP contribution in [-0.4, -0.2) is 28.9 Å². The van der Waals surface area contributed by atoms with Gasteiger partial charge in [-0.2, -0.15) is 0 Å². The molecule has 1 unspecified atom stereocenters. The van der Waals surface area contributed by atoms with Crippen molar-refractivity contribution in [1.82, 2.24) is 9.88 Å². The number of aromatic nitrogens is 1. The van der Waals surface area contributed by atoms with Gasteiger partial charge in [0.2, 0.25) is 5.91 Å². The Kier molecular flexibility index (Phi) is 4.00. The summed E-state index contributed by atoms with van der Waals surface area (Å²) in [6.07, 6.45) is 3.97. The minimum atomic E-state index is -0.287. The first-order valence-electron chi connectivity index (χ1n) is 7.52. The number of likely N-dealkylation sites (tertiary alicyclic amines) is 1. The first kappa shape index (κ1) is 13.8. The first-order valence-corrected chi connectivity index (χ1v) is 7.52. The zero-order chi connectivity index (χ0) is 14.7. The Morgan fingerprint density at radius 2 is 1.81 bits per heavy atom. The molecule has 1 aromatic carbocycles. The molecule has 1 fully saturated rings. The van der Waals surface area contributed by atoms with Gasteiger partial charge in [-0.3, -0.25) is 9.78 Å². The second kappa shape index (κ2) is 6.08. The van der Waals surface area contributed by atoms with Gasteiger partial charge in [-0.1, -0.05) is 30.3 Å². The molecule has 1 aliphatic heterocycles. The number of pyridine rings is 1. The van der Waals surface area contributed by atoms with E-state index in [0.717, 1.165) is 42.8 Å². The van der Waals surface area contributed by atoms with Crippen LogP contribution in [0.4, 0.5) is 0 Å². The van der Waals surface area contributed by atoms with Crippen LogP contribution >= 0.6 is 0 Å². The number of nitrogens with zero attached hydrogens (tertiary/aromatic N) is 2. The largest absolute Gasteiger partial charge is 0.342 e. The zero-order valence-electron chi connectivity index (χ0n) is 12.3. The topological polar surface area (TPSA) is 33.2 Å². The number of amides is 1. The Morgan fingerprint density at radius 1 is 1.10 bits per heavy atom. The molecule has 0 spiro atoms. The number of carbonyl (C=O) groups is 1. The van der Waals surface area contributed by atoms with Crippen LogP contribution in [0.15, 0.2) is 48.7 Å². The maximum absolute atomic E-state index is 13.0. The Labute approximate surface area is 125 Å². The highest BCUT2D eigenvalue weighted by Gasteiger charge is 2.30. The lowest BCUT2D eigenvalue weighted by molar-refractivity contribution is -0.130. The predicted molar refractivity (Wildman–Crippen MR) is 83.1 cm³/mol. The molecule has 1 atom stereocenters. The fourth-order valence-electron chi connectivity index (χ4n) is 3.00. The van der Waals surface area contributed by atoms with Gasteiger partial charge < -0.3 is 4.90 Å². The monoisotopic (exact) mass is 280 g/mol. The van der Waals surface area contributed by atoms with Crippen molar-refractivity contribution in [3.8, 4) is 0 Å². The lowest BCUT2D eigenvalue weighted by Crippen LogP contribution is -2.33. The van der Waals surface area contributed by atoms with Gasteiger partial charge in [-0.15, -0.1) is 0 Å². The Bertz CT molecular complexity index is 618. The summed E-state index contributed by atoms with van der Waals surface area (Å²) in [4.78, 5) is 19.4. The third kappa shape index (κ3) is 2.82. The van der Waals surface area contributed by atoms with Crippen molar-refractivity contribution in [2.75, 3.05) is 13.1 Å². The molecule has 21 heavy (non-hydrogen) atoms. The van der Waals surface area contributed by atoms with E-state index in [-0.39, 0.29) is 11.8 Å². The van der Waals surface area contributed by atoms with Crippen LogP contribution in [0.3, 0.4) is 0 Å². The van der Waals surface area contributed by atoms with Gasteiger partial charge in [0.05, 0.1) is 5.69 Å². The number of aryl methyl sites for hydroxylation is 1. The molecule has 1 aromatic heterocycles. The normalized spacial score (nSPS) is 16.0. The summed E-state index contributed by atoms with van der Waals surface area (Å²) in [6, 6.07) is 13.9. The van der Waals surface area contributed by atoms with E-state index in [1.165, 1.54) is 0 Å². The van der Waals surface area contributed by atoms with Crippen molar-refractivity contribution in [3.05, 3.63) is 65.5 Å². The second-order valence-corrected chi connectivity index (χ2v) is 5.58. The molecule has 2 aromatic rings. The van der Waals surface area contributed by atoms with E-state index >= 15 is 0 Å². The quantitative estimate of drug-likeness (QED) is 0.865. The van der Waals surface area contributed by atoms with Crippen LogP contribution in [0.5, 0.6) is 0 Å². The van der Waals surface area contributed by atoms with Gasteiger partial charge in [0.25, 0.3) is 0 Å². The summed E-state index contributed by atoms with van der Waals surface area (Å²) >= 11 is 0. The number of rotatable bonds is 3. The van der Waals surface area contributed by atoms with Crippen molar-refractivity contribution in [1.29, 1.82) is 0 Å². The maximum atomic E-state index is 13.0. The van der Waals surface area contributed by atoms with Crippen LogP contribution in [0, 0.1) is 6.92 Å². The van der Waals surface area contributed by atoms with Gasteiger partial charge >= 0.3 is 0 Å². The Hall–Kier alpha value is -2.16. The lowest BCUT2D eigenvalue weighted by atomic mass is 9.90. The standard InChI is InChI=1S/C18H20N2O/c1-14-8-2-3-9-15(14)17(16-10-4-5-11-19-16)18(21)20-12-6-7-13-20/h2-5,8-11,17H,6-7,12-13H2,1H3. The van der Waals surface area contributed by atoms with E-state index in [2.05, 4.69) is 18.0 Å². The van der Waals surface area contributed by atoms with E-state index in [0.29, 0.717) is 0 Å². The molecule has 0 N–H and O–H groups in total. The van der Waals surface area contributed by atoms with E-state index in [9.17, 15) is 4.79 Å². The fraction of sp³-hybridized carbons (Fsp3) is 0.333. The fourth-order valence-corrected chi connectivity index (χ4v) is 3.00. The summed E-state index contributed by atoms with van der Waals surface area (Å²) in [6.45, 7) is 3.80. The smallest absolute Gasteiger partial charge is 0.236 e. The highest BCUT2D eigenvalue weighted by Crippen LogP contribution is 2.29. The molecular formula is C18H20N2O. The zero-order valence-corrected chi connectivity index (χ0v) is 12.3. The Balaban J connectivity index is 2.03. The van der Waals surface area contributed by atoms with E-state index in [4.69, 9.17) is 0 Å². The summed E-state index contributed by atoms with van der Waals surface area (Å²) in [5, 5.41) is 0. The highest BCUT2D eigenvalue weighted by atomic mass is 16.2. The number of hydrogen-bond donors (Lipinski definition) is 0. The summed E-state index contributed by atoms with van der Waals surface area (Å²) in [5.74, 6) is -0.106. The lowest BCUT2D eigenvalue weighted by Gasteiger charge is -2.24. The minimum Gasteiger partial charge on any atom is -0.342 e. The minimum absolute atomic E-state index is 0.181. The number of benzene rings is 1.